The number of piperidine rings is 1. The van der Waals surface area contributed by atoms with Crippen molar-refractivity contribution in [2.75, 3.05) is 38.0 Å². The summed E-state index contributed by atoms with van der Waals surface area (Å²) in [5, 5.41) is 3.61. The van der Waals surface area contributed by atoms with E-state index in [1.54, 1.807) is 16.4 Å². The minimum atomic E-state index is -3.60. The Balaban J connectivity index is 1.60. The van der Waals surface area contributed by atoms with E-state index in [4.69, 9.17) is 0 Å². The van der Waals surface area contributed by atoms with Gasteiger partial charge in [0.1, 0.15) is 5.00 Å². The van der Waals surface area contributed by atoms with Crippen molar-refractivity contribution in [3.63, 3.8) is 0 Å². The van der Waals surface area contributed by atoms with Crippen LogP contribution in [-0.2, 0) is 23.0 Å². The Bertz CT molecular complexity index is 1300. The molecule has 220 valence electrons. The minimum absolute atomic E-state index is 0.0216. The molecule has 1 atom stereocenters. The Kier molecular flexibility index (Phi) is 10.1. The van der Waals surface area contributed by atoms with Crippen LogP contribution in [0, 0.1) is 5.92 Å². The van der Waals surface area contributed by atoms with E-state index in [-0.39, 0.29) is 16.7 Å². The summed E-state index contributed by atoms with van der Waals surface area (Å²) >= 11 is 1.49. The van der Waals surface area contributed by atoms with Crippen LogP contribution >= 0.6 is 11.3 Å². The van der Waals surface area contributed by atoms with Gasteiger partial charge in [0, 0.05) is 55.8 Å². The molecule has 4 rings (SSSR count). The van der Waals surface area contributed by atoms with Crippen molar-refractivity contribution in [1.82, 2.24) is 14.1 Å². The highest BCUT2D eigenvalue weighted by Crippen LogP contribution is 2.39. The summed E-state index contributed by atoms with van der Waals surface area (Å²) in [5.74, 6) is -0.0339. The average molecular weight is 589 g/mol. The molecular formula is C30H44N4O4S2. The van der Waals surface area contributed by atoms with Gasteiger partial charge in [0.05, 0.1) is 10.5 Å². The molecule has 2 aliphatic heterocycles. The molecule has 1 aromatic carbocycles. The zero-order valence-corrected chi connectivity index (χ0v) is 26.2. The van der Waals surface area contributed by atoms with Gasteiger partial charge in [-0.05, 0) is 81.7 Å². The van der Waals surface area contributed by atoms with Crippen LogP contribution in [0.2, 0.25) is 0 Å². The van der Waals surface area contributed by atoms with Gasteiger partial charge in [0.15, 0.2) is 0 Å². The van der Waals surface area contributed by atoms with E-state index in [0.29, 0.717) is 54.3 Å². The van der Waals surface area contributed by atoms with E-state index in [1.807, 2.05) is 4.90 Å². The Labute approximate surface area is 243 Å². The van der Waals surface area contributed by atoms with E-state index in [1.165, 1.54) is 23.5 Å². The first-order valence-electron chi connectivity index (χ1n) is 14.7. The Hall–Kier alpha value is -2.27. The predicted octanol–water partition coefficient (Wildman–Crippen LogP) is 5.45. The summed E-state index contributed by atoms with van der Waals surface area (Å²) < 4.78 is 27.9. The molecule has 0 bridgehead atoms. The lowest BCUT2D eigenvalue weighted by molar-refractivity contribution is 0.0755. The Morgan fingerprint density at radius 2 is 1.77 bits per heavy atom. The number of thiophene rings is 1. The number of carbonyl (C=O) groups is 2. The molecule has 0 radical (unpaired) electrons. The number of benzene rings is 1. The lowest BCUT2D eigenvalue weighted by Gasteiger charge is -2.31. The molecule has 1 unspecified atom stereocenters. The highest BCUT2D eigenvalue weighted by molar-refractivity contribution is 7.89. The monoisotopic (exact) mass is 588 g/mol. The number of anilines is 1. The average Bonchev–Trinajstić information content (AvgIpc) is 3.29. The first-order valence-corrected chi connectivity index (χ1v) is 16.9. The van der Waals surface area contributed by atoms with E-state index in [9.17, 15) is 18.0 Å². The van der Waals surface area contributed by atoms with Crippen LogP contribution < -0.4 is 5.32 Å². The number of nitrogens with zero attached hydrogens (tertiary/aromatic N) is 3. The van der Waals surface area contributed by atoms with Gasteiger partial charge in [-0.3, -0.25) is 14.5 Å². The van der Waals surface area contributed by atoms with Gasteiger partial charge >= 0.3 is 0 Å². The molecule has 10 heteroatoms. The molecule has 0 aliphatic carbocycles. The molecule has 1 N–H and O–H groups in total. The maximum atomic E-state index is 13.8. The van der Waals surface area contributed by atoms with E-state index in [2.05, 4.69) is 44.8 Å². The molecule has 2 aromatic rings. The number of carbonyl (C=O) groups excluding carboxylic acids is 2. The highest BCUT2D eigenvalue weighted by Gasteiger charge is 2.32. The molecule has 2 amide bonds. The molecule has 0 spiro atoms. The second kappa shape index (κ2) is 13.1. The third-order valence-corrected chi connectivity index (χ3v) is 10.9. The Morgan fingerprint density at radius 1 is 1.10 bits per heavy atom. The Morgan fingerprint density at radius 3 is 2.38 bits per heavy atom. The van der Waals surface area contributed by atoms with E-state index >= 15 is 0 Å². The third kappa shape index (κ3) is 6.61. The van der Waals surface area contributed by atoms with Crippen molar-refractivity contribution in [2.45, 2.75) is 84.2 Å². The lowest BCUT2D eigenvalue weighted by Crippen LogP contribution is -2.39. The maximum Gasteiger partial charge on any atom is 0.257 e. The number of hydrogen-bond donors (Lipinski definition) is 1. The molecule has 1 saturated heterocycles. The van der Waals surface area contributed by atoms with E-state index in [0.717, 1.165) is 55.6 Å². The van der Waals surface area contributed by atoms with Gasteiger partial charge in [-0.25, -0.2) is 8.42 Å². The van der Waals surface area contributed by atoms with Crippen LogP contribution in [0.25, 0.3) is 0 Å². The number of fused-ring (bicyclic) bond motifs is 1. The fourth-order valence-corrected chi connectivity index (χ4v) is 8.52. The van der Waals surface area contributed by atoms with Gasteiger partial charge in [-0.15, -0.1) is 11.3 Å². The zero-order chi connectivity index (χ0) is 29.0. The van der Waals surface area contributed by atoms with Crippen LogP contribution in [0.1, 0.15) is 91.5 Å². The largest absolute Gasteiger partial charge is 0.339 e. The van der Waals surface area contributed by atoms with Gasteiger partial charge < -0.3 is 10.2 Å². The van der Waals surface area contributed by atoms with Crippen molar-refractivity contribution in [3.05, 3.63) is 45.8 Å². The normalized spacial score (nSPS) is 18.5. The number of amides is 2. The van der Waals surface area contributed by atoms with Crippen LogP contribution in [0.15, 0.2) is 29.2 Å². The molecule has 1 aromatic heterocycles. The molecule has 0 saturated carbocycles. The first kappa shape index (κ1) is 30.7. The van der Waals surface area contributed by atoms with Crippen molar-refractivity contribution in [3.8, 4) is 0 Å². The van der Waals surface area contributed by atoms with Gasteiger partial charge in [-0.1, -0.05) is 20.8 Å². The molecule has 2 aliphatic rings. The van der Waals surface area contributed by atoms with Gasteiger partial charge in [0.25, 0.3) is 11.8 Å². The highest BCUT2D eigenvalue weighted by atomic mass is 32.2. The second-order valence-corrected chi connectivity index (χ2v) is 14.4. The number of sulfonamides is 1. The zero-order valence-electron chi connectivity index (χ0n) is 24.5. The summed E-state index contributed by atoms with van der Waals surface area (Å²) in [4.78, 5) is 32.8. The SMILES string of the molecule is CCCN(CCC)C(=O)c1c(NC(=O)c2ccc(S(=O)(=O)N3CCCC(C)C3)cc2)sc2c1CCN(C(C)C)C2. The molecular weight excluding hydrogens is 544 g/mol. The third-order valence-electron chi connectivity index (χ3n) is 7.91. The predicted molar refractivity (Wildman–Crippen MR) is 162 cm³/mol. The van der Waals surface area contributed by atoms with Crippen molar-refractivity contribution < 1.29 is 18.0 Å². The molecule has 8 nitrogen and oxygen atoms in total. The van der Waals surface area contributed by atoms with Gasteiger partial charge in [0.2, 0.25) is 10.0 Å². The summed E-state index contributed by atoms with van der Waals surface area (Å²) in [7, 11) is -3.60. The first-order chi connectivity index (χ1) is 19.1. The summed E-state index contributed by atoms with van der Waals surface area (Å²) in [6.07, 6.45) is 4.40. The van der Waals surface area contributed by atoms with Crippen LogP contribution in [0.5, 0.6) is 0 Å². The standard InChI is InChI=1S/C30H44N4O4S2/c1-6-15-32(16-7-2)30(36)27-25-14-18-33(21(3)4)20-26(25)39-29(27)31-28(35)23-10-12-24(13-11-23)40(37,38)34-17-8-9-22(5)19-34/h10-13,21-22H,6-9,14-20H2,1-5H3,(H,31,35). The van der Waals surface area contributed by atoms with Crippen molar-refractivity contribution in [1.29, 1.82) is 0 Å². The smallest absolute Gasteiger partial charge is 0.257 e. The summed E-state index contributed by atoms with van der Waals surface area (Å²) in [5.41, 5.74) is 2.03. The summed E-state index contributed by atoms with van der Waals surface area (Å²) in [6.45, 7) is 14.6. The lowest BCUT2D eigenvalue weighted by atomic mass is 10.0. The van der Waals surface area contributed by atoms with E-state index < -0.39 is 10.0 Å². The molecule has 1 fully saturated rings. The number of nitrogens with one attached hydrogen (secondary N) is 1. The van der Waals surface area contributed by atoms with Crippen molar-refractivity contribution in [2.24, 2.45) is 5.92 Å². The second-order valence-electron chi connectivity index (χ2n) is 11.4. The number of rotatable bonds is 10. The fraction of sp³-hybridized carbons (Fsp3) is 0.600. The molecule has 3 heterocycles. The van der Waals surface area contributed by atoms with Crippen LogP contribution in [0.4, 0.5) is 5.00 Å². The molecule has 40 heavy (non-hydrogen) atoms. The number of hydrogen-bond acceptors (Lipinski definition) is 6. The minimum Gasteiger partial charge on any atom is -0.339 e. The fourth-order valence-electron chi connectivity index (χ4n) is 5.66. The topological polar surface area (TPSA) is 90.0 Å². The van der Waals surface area contributed by atoms with Gasteiger partial charge in [-0.2, -0.15) is 4.31 Å². The van der Waals surface area contributed by atoms with Crippen LogP contribution in [0.3, 0.4) is 0 Å². The van der Waals surface area contributed by atoms with Crippen LogP contribution in [-0.4, -0.2) is 73.1 Å². The summed E-state index contributed by atoms with van der Waals surface area (Å²) in [6, 6.07) is 6.54. The van der Waals surface area contributed by atoms with Crippen molar-refractivity contribution >= 4 is 38.2 Å². The quantitative estimate of drug-likeness (QED) is 0.399. The maximum absolute atomic E-state index is 13.8.